The van der Waals surface area contributed by atoms with Gasteiger partial charge in [-0.15, -0.1) is 0 Å². The molecule has 0 aromatic carbocycles. The Morgan fingerprint density at radius 3 is 2.35 bits per heavy atom. The number of nitrogens with zero attached hydrogens (tertiary/aromatic N) is 2. The van der Waals surface area contributed by atoms with Crippen molar-refractivity contribution in [3.05, 3.63) is 0 Å². The van der Waals surface area contributed by atoms with E-state index in [0.29, 0.717) is 44.6 Å². The molecule has 4 atom stereocenters. The van der Waals surface area contributed by atoms with E-state index >= 15 is 0 Å². The molecule has 2 bridgehead atoms. The van der Waals surface area contributed by atoms with E-state index in [0.717, 1.165) is 31.1 Å². The largest absolute Gasteiger partial charge is 0.368 e. The van der Waals surface area contributed by atoms with Gasteiger partial charge in [-0.25, -0.2) is 0 Å². The minimum atomic E-state index is -0.230. The standard InChI is InChI=1S/C18H28N2O3/c21-17(12-15-11-13-3-4-14(15)10-13)19-5-7-20(8-6-19)18(22)16-2-1-9-23-16/h13-16H,1-12H2. The van der Waals surface area contributed by atoms with Gasteiger partial charge >= 0.3 is 0 Å². The average Bonchev–Trinajstić information content (AvgIpc) is 3.32. The van der Waals surface area contributed by atoms with E-state index in [1.54, 1.807) is 0 Å². The number of hydrogen-bond acceptors (Lipinski definition) is 3. The van der Waals surface area contributed by atoms with Gasteiger partial charge in [-0.05, 0) is 49.9 Å². The van der Waals surface area contributed by atoms with Crippen molar-refractivity contribution in [2.75, 3.05) is 32.8 Å². The van der Waals surface area contributed by atoms with Gasteiger partial charge in [-0.1, -0.05) is 6.42 Å². The van der Waals surface area contributed by atoms with Crippen LogP contribution in [0.2, 0.25) is 0 Å². The molecule has 2 heterocycles. The first-order valence-electron chi connectivity index (χ1n) is 9.39. The predicted octanol–water partition coefficient (Wildman–Crippen LogP) is 1.66. The summed E-state index contributed by atoms with van der Waals surface area (Å²) in [5, 5.41) is 0. The van der Waals surface area contributed by atoms with E-state index in [1.807, 2.05) is 9.80 Å². The van der Waals surface area contributed by atoms with Gasteiger partial charge in [0.2, 0.25) is 5.91 Å². The smallest absolute Gasteiger partial charge is 0.251 e. The topological polar surface area (TPSA) is 49.9 Å². The Bertz CT molecular complexity index is 467. The van der Waals surface area contributed by atoms with Gasteiger partial charge in [0.15, 0.2) is 0 Å². The van der Waals surface area contributed by atoms with Crippen molar-refractivity contribution in [2.45, 2.75) is 51.0 Å². The second-order valence-electron chi connectivity index (χ2n) is 7.85. The highest BCUT2D eigenvalue weighted by atomic mass is 16.5. The molecule has 2 saturated heterocycles. The molecule has 128 valence electrons. The molecule has 4 unspecified atom stereocenters. The minimum Gasteiger partial charge on any atom is -0.368 e. The number of amides is 2. The first-order chi connectivity index (χ1) is 11.2. The zero-order chi connectivity index (χ0) is 15.8. The summed E-state index contributed by atoms with van der Waals surface area (Å²) >= 11 is 0. The second kappa shape index (κ2) is 6.42. The van der Waals surface area contributed by atoms with Crippen LogP contribution in [-0.4, -0.2) is 60.5 Å². The molecule has 2 amide bonds. The van der Waals surface area contributed by atoms with Crippen LogP contribution in [-0.2, 0) is 14.3 Å². The lowest BCUT2D eigenvalue weighted by atomic mass is 9.86. The van der Waals surface area contributed by atoms with E-state index in [1.165, 1.54) is 25.7 Å². The zero-order valence-electron chi connectivity index (χ0n) is 13.9. The summed E-state index contributed by atoms with van der Waals surface area (Å²) in [5.41, 5.74) is 0. The Labute approximate surface area is 138 Å². The molecule has 2 aliphatic heterocycles. The molecule has 2 saturated carbocycles. The summed E-state index contributed by atoms with van der Waals surface area (Å²) < 4.78 is 5.49. The first kappa shape index (κ1) is 15.4. The normalized spacial score (nSPS) is 36.7. The molecular weight excluding hydrogens is 292 g/mol. The van der Waals surface area contributed by atoms with Gasteiger partial charge in [0.25, 0.3) is 5.91 Å². The molecule has 4 fully saturated rings. The first-order valence-corrected chi connectivity index (χ1v) is 9.39. The van der Waals surface area contributed by atoms with Crippen LogP contribution in [0.5, 0.6) is 0 Å². The number of piperazine rings is 1. The summed E-state index contributed by atoms with van der Waals surface area (Å²) in [5.74, 6) is 2.78. The fourth-order valence-corrected chi connectivity index (χ4v) is 5.13. The molecule has 0 aromatic rings. The second-order valence-corrected chi connectivity index (χ2v) is 7.85. The van der Waals surface area contributed by atoms with Crippen LogP contribution in [0.4, 0.5) is 0 Å². The third kappa shape index (κ3) is 3.12. The fraction of sp³-hybridized carbons (Fsp3) is 0.889. The van der Waals surface area contributed by atoms with Crippen LogP contribution in [0.25, 0.3) is 0 Å². The van der Waals surface area contributed by atoms with Crippen molar-refractivity contribution in [1.29, 1.82) is 0 Å². The quantitative estimate of drug-likeness (QED) is 0.795. The SMILES string of the molecule is O=C(CC1CC2CCC1C2)N1CCN(C(=O)C2CCCO2)CC1. The van der Waals surface area contributed by atoms with Gasteiger partial charge < -0.3 is 14.5 Å². The molecule has 0 spiro atoms. The van der Waals surface area contributed by atoms with Crippen molar-refractivity contribution >= 4 is 11.8 Å². The maximum atomic E-state index is 12.6. The van der Waals surface area contributed by atoms with Gasteiger partial charge in [-0.2, -0.15) is 0 Å². The number of carbonyl (C=O) groups is 2. The summed E-state index contributed by atoms with van der Waals surface area (Å²) in [6.45, 7) is 3.43. The Hall–Kier alpha value is -1.10. The van der Waals surface area contributed by atoms with Crippen LogP contribution >= 0.6 is 0 Å². The highest BCUT2D eigenvalue weighted by molar-refractivity contribution is 5.82. The van der Waals surface area contributed by atoms with Crippen molar-refractivity contribution in [1.82, 2.24) is 9.80 Å². The van der Waals surface area contributed by atoms with Crippen molar-refractivity contribution in [3.8, 4) is 0 Å². The number of rotatable bonds is 3. The van der Waals surface area contributed by atoms with Crippen LogP contribution in [0.3, 0.4) is 0 Å². The van der Waals surface area contributed by atoms with E-state index in [-0.39, 0.29) is 12.0 Å². The average molecular weight is 320 g/mol. The lowest BCUT2D eigenvalue weighted by Crippen LogP contribution is -2.53. The number of hydrogen-bond donors (Lipinski definition) is 0. The summed E-state index contributed by atoms with van der Waals surface area (Å²) in [6.07, 6.45) is 7.70. The maximum Gasteiger partial charge on any atom is 0.251 e. The number of fused-ring (bicyclic) bond motifs is 2. The van der Waals surface area contributed by atoms with E-state index in [2.05, 4.69) is 0 Å². The van der Waals surface area contributed by atoms with E-state index < -0.39 is 0 Å². The summed E-state index contributed by atoms with van der Waals surface area (Å²) in [7, 11) is 0. The van der Waals surface area contributed by atoms with Crippen LogP contribution in [0.1, 0.15) is 44.9 Å². The van der Waals surface area contributed by atoms with Gasteiger partial charge in [0.05, 0.1) is 0 Å². The molecule has 2 aliphatic carbocycles. The van der Waals surface area contributed by atoms with Gasteiger partial charge in [0, 0.05) is 39.2 Å². The van der Waals surface area contributed by atoms with Crippen LogP contribution < -0.4 is 0 Å². The maximum absolute atomic E-state index is 12.6. The Morgan fingerprint density at radius 2 is 1.74 bits per heavy atom. The molecule has 0 radical (unpaired) electrons. The molecule has 0 aromatic heterocycles. The number of carbonyl (C=O) groups excluding carboxylic acids is 2. The molecular formula is C18H28N2O3. The molecule has 5 heteroatoms. The molecule has 0 N–H and O–H groups in total. The monoisotopic (exact) mass is 320 g/mol. The predicted molar refractivity (Wildman–Crippen MR) is 85.7 cm³/mol. The van der Waals surface area contributed by atoms with Crippen LogP contribution in [0, 0.1) is 17.8 Å². The molecule has 23 heavy (non-hydrogen) atoms. The fourth-order valence-electron chi connectivity index (χ4n) is 5.13. The van der Waals surface area contributed by atoms with Crippen LogP contribution in [0.15, 0.2) is 0 Å². The Balaban J connectivity index is 1.24. The third-order valence-electron chi connectivity index (χ3n) is 6.47. The summed E-state index contributed by atoms with van der Waals surface area (Å²) in [6, 6.07) is 0. The highest BCUT2D eigenvalue weighted by Gasteiger charge is 2.41. The van der Waals surface area contributed by atoms with Crippen molar-refractivity contribution < 1.29 is 14.3 Å². The van der Waals surface area contributed by atoms with E-state index in [9.17, 15) is 9.59 Å². The highest BCUT2D eigenvalue weighted by Crippen LogP contribution is 2.49. The lowest BCUT2D eigenvalue weighted by molar-refractivity contribution is -0.146. The van der Waals surface area contributed by atoms with Gasteiger partial charge in [-0.3, -0.25) is 9.59 Å². The number of ether oxygens (including phenoxy) is 1. The van der Waals surface area contributed by atoms with Crippen molar-refractivity contribution in [3.63, 3.8) is 0 Å². The molecule has 5 nitrogen and oxygen atoms in total. The van der Waals surface area contributed by atoms with Crippen molar-refractivity contribution in [2.24, 2.45) is 17.8 Å². The minimum absolute atomic E-state index is 0.128. The lowest BCUT2D eigenvalue weighted by Gasteiger charge is -2.36. The Morgan fingerprint density at radius 1 is 0.957 bits per heavy atom. The molecule has 4 aliphatic rings. The Kier molecular flexibility index (Phi) is 4.31. The zero-order valence-corrected chi connectivity index (χ0v) is 13.9. The summed E-state index contributed by atoms with van der Waals surface area (Å²) in [4.78, 5) is 28.8. The van der Waals surface area contributed by atoms with E-state index in [4.69, 9.17) is 4.74 Å². The van der Waals surface area contributed by atoms with Gasteiger partial charge in [0.1, 0.15) is 6.10 Å². The molecule has 4 rings (SSSR count). The third-order valence-corrected chi connectivity index (χ3v) is 6.47.